The van der Waals surface area contributed by atoms with E-state index in [4.69, 9.17) is 0 Å². The summed E-state index contributed by atoms with van der Waals surface area (Å²) in [6, 6.07) is 0.562. The van der Waals surface area contributed by atoms with Gasteiger partial charge in [-0.15, -0.1) is 0 Å². The molecule has 2 nitrogen and oxygen atoms in total. The SMILES string of the molecule is CNC(C)CNCC(C)C(C)(C)C. The van der Waals surface area contributed by atoms with Crippen molar-refractivity contribution in [3.63, 3.8) is 0 Å². The van der Waals surface area contributed by atoms with Crippen LogP contribution >= 0.6 is 0 Å². The Morgan fingerprint density at radius 1 is 1.08 bits per heavy atom. The molecule has 0 spiro atoms. The van der Waals surface area contributed by atoms with Crippen LogP contribution < -0.4 is 10.6 Å². The molecule has 0 aliphatic heterocycles. The molecule has 2 atom stereocenters. The molecule has 0 aromatic rings. The maximum atomic E-state index is 3.48. The molecule has 0 bridgehead atoms. The van der Waals surface area contributed by atoms with Crippen molar-refractivity contribution in [3.8, 4) is 0 Å². The number of hydrogen-bond donors (Lipinski definition) is 2. The molecule has 0 saturated heterocycles. The van der Waals surface area contributed by atoms with Gasteiger partial charge in [-0.1, -0.05) is 27.7 Å². The lowest BCUT2D eigenvalue weighted by Gasteiger charge is -2.28. The Kier molecular flexibility index (Phi) is 5.57. The molecule has 0 radical (unpaired) electrons. The molecule has 0 saturated carbocycles. The highest BCUT2D eigenvalue weighted by Gasteiger charge is 2.19. The average Bonchev–Trinajstić information content (AvgIpc) is 2.02. The summed E-state index contributed by atoms with van der Waals surface area (Å²) in [5.41, 5.74) is 0.413. The highest BCUT2D eigenvalue weighted by Crippen LogP contribution is 2.24. The summed E-state index contributed by atoms with van der Waals surface area (Å²) in [4.78, 5) is 0. The Bertz CT molecular complexity index is 127. The summed E-state index contributed by atoms with van der Waals surface area (Å²) < 4.78 is 0. The third kappa shape index (κ3) is 6.05. The van der Waals surface area contributed by atoms with E-state index in [-0.39, 0.29) is 0 Å². The largest absolute Gasteiger partial charge is 0.316 e. The van der Waals surface area contributed by atoms with Gasteiger partial charge in [-0.3, -0.25) is 0 Å². The molecule has 0 heterocycles. The zero-order valence-corrected chi connectivity index (χ0v) is 10.1. The number of hydrogen-bond acceptors (Lipinski definition) is 2. The van der Waals surface area contributed by atoms with Crippen LogP contribution in [0.5, 0.6) is 0 Å². The van der Waals surface area contributed by atoms with Gasteiger partial charge >= 0.3 is 0 Å². The molecular weight excluding hydrogens is 160 g/mol. The third-order valence-corrected chi connectivity index (χ3v) is 2.87. The predicted octanol–water partition coefficient (Wildman–Crippen LogP) is 1.87. The molecule has 13 heavy (non-hydrogen) atoms. The Morgan fingerprint density at radius 2 is 1.62 bits per heavy atom. The van der Waals surface area contributed by atoms with Crippen LogP contribution in [0.25, 0.3) is 0 Å². The molecular formula is C11H26N2. The second-order valence-corrected chi connectivity index (χ2v) is 5.12. The van der Waals surface area contributed by atoms with Crippen molar-refractivity contribution in [2.75, 3.05) is 20.1 Å². The van der Waals surface area contributed by atoms with Gasteiger partial charge in [0.25, 0.3) is 0 Å². The smallest absolute Gasteiger partial charge is 0.0161 e. The Hall–Kier alpha value is -0.0800. The van der Waals surface area contributed by atoms with Crippen LogP contribution in [0.3, 0.4) is 0 Å². The molecule has 0 aliphatic carbocycles. The van der Waals surface area contributed by atoms with Crippen LogP contribution in [0.15, 0.2) is 0 Å². The lowest BCUT2D eigenvalue weighted by molar-refractivity contribution is 0.251. The van der Waals surface area contributed by atoms with Gasteiger partial charge in [0.2, 0.25) is 0 Å². The van der Waals surface area contributed by atoms with Crippen molar-refractivity contribution >= 4 is 0 Å². The fourth-order valence-corrected chi connectivity index (χ4v) is 0.925. The van der Waals surface area contributed by atoms with E-state index in [1.165, 1.54) is 0 Å². The van der Waals surface area contributed by atoms with E-state index in [0.29, 0.717) is 11.5 Å². The molecule has 2 unspecified atom stereocenters. The minimum Gasteiger partial charge on any atom is -0.316 e. The molecule has 0 rings (SSSR count). The second-order valence-electron chi connectivity index (χ2n) is 5.12. The fraction of sp³-hybridized carbons (Fsp3) is 1.00. The van der Waals surface area contributed by atoms with Crippen molar-refractivity contribution in [1.29, 1.82) is 0 Å². The summed E-state index contributed by atoms with van der Waals surface area (Å²) >= 11 is 0. The normalized spacial score (nSPS) is 17.1. The van der Waals surface area contributed by atoms with E-state index in [9.17, 15) is 0 Å². The van der Waals surface area contributed by atoms with Gasteiger partial charge in [0.1, 0.15) is 0 Å². The molecule has 80 valence electrons. The van der Waals surface area contributed by atoms with Gasteiger partial charge in [0.15, 0.2) is 0 Å². The first-order chi connectivity index (χ1) is 5.88. The summed E-state index contributed by atoms with van der Waals surface area (Å²) in [5, 5.41) is 6.69. The molecule has 0 aromatic heterocycles. The van der Waals surface area contributed by atoms with Gasteiger partial charge in [0.05, 0.1) is 0 Å². The molecule has 2 N–H and O–H groups in total. The van der Waals surface area contributed by atoms with Gasteiger partial charge in [0, 0.05) is 12.6 Å². The Labute approximate surface area is 83.5 Å². The standard InChI is InChI=1S/C11H26N2/c1-9(11(3,4)5)7-13-8-10(2)12-6/h9-10,12-13H,7-8H2,1-6H3. The molecule has 0 aromatic carbocycles. The van der Waals surface area contributed by atoms with Gasteiger partial charge in [-0.2, -0.15) is 0 Å². The van der Waals surface area contributed by atoms with Gasteiger partial charge in [-0.25, -0.2) is 0 Å². The zero-order valence-electron chi connectivity index (χ0n) is 10.1. The lowest BCUT2D eigenvalue weighted by atomic mass is 9.82. The first kappa shape index (κ1) is 12.9. The Morgan fingerprint density at radius 3 is 2.00 bits per heavy atom. The maximum Gasteiger partial charge on any atom is 0.0161 e. The maximum absolute atomic E-state index is 3.48. The summed E-state index contributed by atoms with van der Waals surface area (Å²) in [6.07, 6.45) is 0. The highest BCUT2D eigenvalue weighted by atomic mass is 15.0. The quantitative estimate of drug-likeness (QED) is 0.685. The first-order valence-corrected chi connectivity index (χ1v) is 5.26. The summed E-state index contributed by atoms with van der Waals surface area (Å²) in [7, 11) is 2.00. The highest BCUT2D eigenvalue weighted by molar-refractivity contribution is 4.72. The van der Waals surface area contributed by atoms with Crippen LogP contribution in [0, 0.1) is 11.3 Å². The molecule has 2 heteroatoms. The van der Waals surface area contributed by atoms with Crippen LogP contribution in [0.4, 0.5) is 0 Å². The number of likely N-dealkylation sites (N-methyl/N-ethyl adjacent to an activating group) is 1. The van der Waals surface area contributed by atoms with Crippen LogP contribution in [-0.4, -0.2) is 26.2 Å². The van der Waals surface area contributed by atoms with Crippen molar-refractivity contribution < 1.29 is 0 Å². The average molecular weight is 186 g/mol. The summed E-state index contributed by atoms with van der Waals surface area (Å²) in [5.74, 6) is 0.719. The molecule has 0 fully saturated rings. The van der Waals surface area contributed by atoms with Crippen molar-refractivity contribution in [2.45, 2.75) is 40.7 Å². The van der Waals surface area contributed by atoms with Crippen LogP contribution in [-0.2, 0) is 0 Å². The van der Waals surface area contributed by atoms with Crippen LogP contribution in [0.1, 0.15) is 34.6 Å². The van der Waals surface area contributed by atoms with E-state index in [1.54, 1.807) is 0 Å². The number of rotatable bonds is 5. The van der Waals surface area contributed by atoms with E-state index < -0.39 is 0 Å². The van der Waals surface area contributed by atoms with E-state index >= 15 is 0 Å². The molecule has 0 aliphatic rings. The lowest BCUT2D eigenvalue weighted by Crippen LogP contribution is -2.38. The van der Waals surface area contributed by atoms with Crippen molar-refractivity contribution in [1.82, 2.24) is 10.6 Å². The van der Waals surface area contributed by atoms with Crippen LogP contribution in [0.2, 0.25) is 0 Å². The topological polar surface area (TPSA) is 24.1 Å². The second kappa shape index (κ2) is 5.61. The summed E-state index contributed by atoms with van der Waals surface area (Å²) in [6.45, 7) is 13.5. The number of nitrogens with one attached hydrogen (secondary N) is 2. The third-order valence-electron chi connectivity index (χ3n) is 2.87. The van der Waals surface area contributed by atoms with Gasteiger partial charge in [-0.05, 0) is 31.8 Å². The first-order valence-electron chi connectivity index (χ1n) is 5.26. The Balaban J connectivity index is 3.54. The predicted molar refractivity (Wildman–Crippen MR) is 60.0 cm³/mol. The van der Waals surface area contributed by atoms with E-state index in [1.807, 2.05) is 7.05 Å². The van der Waals surface area contributed by atoms with Crippen molar-refractivity contribution in [3.05, 3.63) is 0 Å². The minimum atomic E-state index is 0.413. The zero-order chi connectivity index (χ0) is 10.5. The van der Waals surface area contributed by atoms with Gasteiger partial charge < -0.3 is 10.6 Å². The fourth-order valence-electron chi connectivity index (χ4n) is 0.925. The minimum absolute atomic E-state index is 0.413. The van der Waals surface area contributed by atoms with E-state index in [2.05, 4.69) is 45.3 Å². The van der Waals surface area contributed by atoms with E-state index in [0.717, 1.165) is 19.0 Å². The van der Waals surface area contributed by atoms with Crippen molar-refractivity contribution in [2.24, 2.45) is 11.3 Å². The monoisotopic (exact) mass is 186 g/mol. The molecule has 0 amide bonds.